The van der Waals surface area contributed by atoms with Crippen LogP contribution in [0.4, 0.5) is 0 Å². The Morgan fingerprint density at radius 3 is 2.75 bits per heavy atom. The number of nitrogens with zero attached hydrogens (tertiary/aromatic N) is 2. The third-order valence-corrected chi connectivity index (χ3v) is 5.37. The van der Waals surface area contributed by atoms with Gasteiger partial charge in [0.2, 0.25) is 5.91 Å². The topological polar surface area (TPSA) is 55.6 Å². The number of carbonyl (C=O) groups is 1. The Morgan fingerprint density at radius 2 is 1.93 bits per heavy atom. The fourth-order valence-electron chi connectivity index (χ4n) is 3.98. The minimum Gasteiger partial charge on any atom is -0.497 e. The van der Waals surface area contributed by atoms with E-state index in [9.17, 15) is 4.79 Å². The third kappa shape index (κ3) is 3.79. The van der Waals surface area contributed by atoms with Crippen LogP contribution in [0.1, 0.15) is 36.1 Å². The molecule has 1 amide bonds. The van der Waals surface area contributed by atoms with Gasteiger partial charge < -0.3 is 9.30 Å². The van der Waals surface area contributed by atoms with Gasteiger partial charge in [0.1, 0.15) is 5.75 Å². The van der Waals surface area contributed by atoms with Gasteiger partial charge >= 0.3 is 0 Å². The first-order valence-electron chi connectivity index (χ1n) is 9.81. The van der Waals surface area contributed by atoms with E-state index in [2.05, 4.69) is 39.4 Å². The molecule has 0 spiro atoms. The van der Waals surface area contributed by atoms with Gasteiger partial charge in [0.25, 0.3) is 0 Å². The molecular formula is C23H25N3O2. The number of amides is 1. The predicted molar refractivity (Wildman–Crippen MR) is 112 cm³/mol. The van der Waals surface area contributed by atoms with Crippen molar-refractivity contribution < 1.29 is 9.53 Å². The standard InChI is InChI=1S/C23H25N3O2/c1-28-18-12-10-17(11-13-18)16-24-25-23(27)14-15-26-21-8-4-2-6-19(21)20-7-3-5-9-22(20)26/h2,4,6,8,10-13,16H,3,5,7,9,14-15H2,1H3,(H,25,27)/b24-16-. The van der Waals surface area contributed by atoms with E-state index in [-0.39, 0.29) is 5.91 Å². The van der Waals surface area contributed by atoms with Crippen molar-refractivity contribution in [1.29, 1.82) is 0 Å². The number of methoxy groups -OCH3 is 1. The largest absolute Gasteiger partial charge is 0.497 e. The maximum atomic E-state index is 12.3. The molecule has 5 heteroatoms. The van der Waals surface area contributed by atoms with Crippen molar-refractivity contribution in [2.75, 3.05) is 7.11 Å². The lowest BCUT2D eigenvalue weighted by molar-refractivity contribution is -0.121. The summed E-state index contributed by atoms with van der Waals surface area (Å²) in [6.45, 7) is 0.680. The van der Waals surface area contributed by atoms with Crippen molar-refractivity contribution in [1.82, 2.24) is 9.99 Å². The van der Waals surface area contributed by atoms with Crippen LogP contribution in [0.25, 0.3) is 10.9 Å². The minimum atomic E-state index is -0.0768. The molecule has 0 unspecified atom stereocenters. The van der Waals surface area contributed by atoms with Crippen LogP contribution >= 0.6 is 0 Å². The number of fused-ring (bicyclic) bond motifs is 3. The molecule has 0 fully saturated rings. The van der Waals surface area contributed by atoms with Crippen molar-refractivity contribution in [2.24, 2.45) is 5.10 Å². The fraction of sp³-hybridized carbons (Fsp3) is 0.304. The van der Waals surface area contributed by atoms with Gasteiger partial charge in [0.05, 0.1) is 13.3 Å². The van der Waals surface area contributed by atoms with Crippen molar-refractivity contribution in [2.45, 2.75) is 38.6 Å². The number of aryl methyl sites for hydroxylation is 2. The van der Waals surface area contributed by atoms with E-state index < -0.39 is 0 Å². The molecular weight excluding hydrogens is 350 g/mol. The highest BCUT2D eigenvalue weighted by atomic mass is 16.5. The minimum absolute atomic E-state index is 0.0768. The lowest BCUT2D eigenvalue weighted by Crippen LogP contribution is -2.20. The van der Waals surface area contributed by atoms with Gasteiger partial charge in [-0.05, 0) is 67.1 Å². The van der Waals surface area contributed by atoms with E-state index in [0.29, 0.717) is 13.0 Å². The SMILES string of the molecule is COc1ccc(/C=N\NC(=O)CCn2c3c(c4ccccc42)CCCC3)cc1. The number of carbonyl (C=O) groups excluding carboxylic acids is 1. The number of nitrogens with one attached hydrogen (secondary N) is 1. The number of hydrogen-bond acceptors (Lipinski definition) is 3. The van der Waals surface area contributed by atoms with Crippen molar-refractivity contribution >= 4 is 23.0 Å². The zero-order valence-corrected chi connectivity index (χ0v) is 16.1. The van der Waals surface area contributed by atoms with Crippen LogP contribution < -0.4 is 10.2 Å². The molecule has 3 aromatic rings. The molecule has 0 saturated carbocycles. The summed E-state index contributed by atoms with van der Waals surface area (Å²) < 4.78 is 7.46. The molecule has 5 nitrogen and oxygen atoms in total. The first kappa shape index (κ1) is 18.3. The number of hydrazone groups is 1. The average Bonchev–Trinajstić information content (AvgIpc) is 3.07. The van der Waals surface area contributed by atoms with Crippen LogP contribution in [0.2, 0.25) is 0 Å². The van der Waals surface area contributed by atoms with Crippen molar-refractivity contribution in [3.05, 3.63) is 65.4 Å². The molecule has 1 aliphatic carbocycles. The summed E-state index contributed by atoms with van der Waals surface area (Å²) in [4.78, 5) is 12.3. The monoisotopic (exact) mass is 375 g/mol. The first-order chi connectivity index (χ1) is 13.8. The number of para-hydroxylation sites is 1. The molecule has 0 saturated heterocycles. The molecule has 0 aliphatic heterocycles. The summed E-state index contributed by atoms with van der Waals surface area (Å²) in [5.74, 6) is 0.718. The molecule has 1 aliphatic rings. The summed E-state index contributed by atoms with van der Waals surface area (Å²) >= 11 is 0. The fourth-order valence-corrected chi connectivity index (χ4v) is 3.98. The van der Waals surface area contributed by atoms with E-state index in [1.807, 2.05) is 24.3 Å². The van der Waals surface area contributed by atoms with E-state index >= 15 is 0 Å². The lowest BCUT2D eigenvalue weighted by Gasteiger charge is -2.15. The molecule has 0 radical (unpaired) electrons. The van der Waals surface area contributed by atoms with Crippen LogP contribution in [-0.4, -0.2) is 23.8 Å². The van der Waals surface area contributed by atoms with Crippen molar-refractivity contribution in [3.63, 3.8) is 0 Å². The van der Waals surface area contributed by atoms with Gasteiger partial charge in [-0.15, -0.1) is 0 Å². The van der Waals surface area contributed by atoms with Gasteiger partial charge in [-0.25, -0.2) is 5.43 Å². The third-order valence-electron chi connectivity index (χ3n) is 5.37. The Bertz CT molecular complexity index is 1000. The predicted octanol–water partition coefficient (Wildman–Crippen LogP) is 4.07. The Kier molecular flexibility index (Phi) is 5.42. The molecule has 0 bridgehead atoms. The molecule has 1 aromatic heterocycles. The normalized spacial score (nSPS) is 13.6. The van der Waals surface area contributed by atoms with Crippen LogP contribution in [0.15, 0.2) is 53.6 Å². The molecule has 28 heavy (non-hydrogen) atoms. The molecule has 1 heterocycles. The van der Waals surface area contributed by atoms with E-state index in [1.165, 1.54) is 35.0 Å². The van der Waals surface area contributed by atoms with Gasteiger partial charge in [0, 0.05) is 29.6 Å². The Labute approximate surface area is 165 Å². The highest BCUT2D eigenvalue weighted by molar-refractivity contribution is 5.86. The zero-order valence-electron chi connectivity index (χ0n) is 16.1. The van der Waals surface area contributed by atoms with Crippen LogP contribution in [0.5, 0.6) is 5.75 Å². The Morgan fingerprint density at radius 1 is 1.14 bits per heavy atom. The maximum Gasteiger partial charge on any atom is 0.241 e. The number of rotatable bonds is 6. The summed E-state index contributed by atoms with van der Waals surface area (Å²) in [5, 5.41) is 5.41. The highest BCUT2D eigenvalue weighted by Crippen LogP contribution is 2.32. The average molecular weight is 375 g/mol. The second-order valence-corrected chi connectivity index (χ2v) is 7.12. The quantitative estimate of drug-likeness (QED) is 0.522. The first-order valence-corrected chi connectivity index (χ1v) is 9.81. The second kappa shape index (κ2) is 8.30. The van der Waals surface area contributed by atoms with Crippen LogP contribution in [0, 0.1) is 0 Å². The number of hydrogen-bond donors (Lipinski definition) is 1. The molecule has 2 aromatic carbocycles. The van der Waals surface area contributed by atoms with Crippen LogP contribution in [-0.2, 0) is 24.2 Å². The summed E-state index contributed by atoms with van der Waals surface area (Å²) in [7, 11) is 1.63. The smallest absolute Gasteiger partial charge is 0.241 e. The molecule has 4 rings (SSSR count). The maximum absolute atomic E-state index is 12.3. The van der Waals surface area contributed by atoms with Gasteiger partial charge in [-0.1, -0.05) is 18.2 Å². The number of aromatic nitrogens is 1. The summed E-state index contributed by atoms with van der Waals surface area (Å²) in [6.07, 6.45) is 6.76. The van der Waals surface area contributed by atoms with Crippen molar-refractivity contribution in [3.8, 4) is 5.75 Å². The highest BCUT2D eigenvalue weighted by Gasteiger charge is 2.19. The lowest BCUT2D eigenvalue weighted by atomic mass is 9.95. The van der Waals surface area contributed by atoms with E-state index in [1.54, 1.807) is 13.3 Å². The molecule has 144 valence electrons. The van der Waals surface area contributed by atoms with Gasteiger partial charge in [0.15, 0.2) is 0 Å². The van der Waals surface area contributed by atoms with E-state index in [0.717, 1.165) is 24.2 Å². The Hall–Kier alpha value is -3.08. The summed E-state index contributed by atoms with van der Waals surface area (Å²) in [5.41, 5.74) is 7.66. The Balaban J connectivity index is 1.40. The number of ether oxygens (including phenoxy) is 1. The summed E-state index contributed by atoms with van der Waals surface area (Å²) in [6, 6.07) is 16.1. The van der Waals surface area contributed by atoms with E-state index in [4.69, 9.17) is 4.74 Å². The zero-order chi connectivity index (χ0) is 19.3. The number of benzene rings is 2. The molecule has 0 atom stereocenters. The van der Waals surface area contributed by atoms with Gasteiger partial charge in [-0.2, -0.15) is 5.10 Å². The van der Waals surface area contributed by atoms with Crippen LogP contribution in [0.3, 0.4) is 0 Å². The molecule has 1 N–H and O–H groups in total. The second-order valence-electron chi connectivity index (χ2n) is 7.12. The van der Waals surface area contributed by atoms with Gasteiger partial charge in [-0.3, -0.25) is 4.79 Å².